The molecule has 0 amide bonds. The number of aliphatic hydroxyl groups is 2. The standard InChI is InChI=1S/C19H26O3/c1-18-7-5-12(20)9-11(18)10-15(21)17-13-3-4-16(22)19(13,2)8-6-14(17)18/h6,10,12-13,15,17,20-21H,3-5,7-9H2,1-2H3/t12-,13?,15-,17?,18-,19-/m0/s1. The average molecular weight is 302 g/mol. The smallest absolute Gasteiger partial charge is 0.139 e. The topological polar surface area (TPSA) is 57.5 Å². The number of carbonyl (C=O) groups excluding carboxylic acids is 1. The van der Waals surface area contributed by atoms with Gasteiger partial charge in [-0.2, -0.15) is 0 Å². The summed E-state index contributed by atoms with van der Waals surface area (Å²) in [6, 6.07) is 0. The first-order valence-electron chi connectivity index (χ1n) is 8.67. The van der Waals surface area contributed by atoms with Gasteiger partial charge in [0.05, 0.1) is 12.2 Å². The van der Waals surface area contributed by atoms with Gasteiger partial charge in [0.2, 0.25) is 0 Å². The van der Waals surface area contributed by atoms with Crippen molar-refractivity contribution in [3.05, 3.63) is 23.3 Å². The van der Waals surface area contributed by atoms with Crippen LogP contribution in [0, 0.1) is 22.7 Å². The van der Waals surface area contributed by atoms with Crippen molar-refractivity contribution in [1.29, 1.82) is 0 Å². The van der Waals surface area contributed by atoms with E-state index in [1.54, 1.807) is 0 Å². The second-order valence-corrected chi connectivity index (χ2v) is 8.29. The monoisotopic (exact) mass is 302 g/mol. The van der Waals surface area contributed by atoms with Gasteiger partial charge in [0.15, 0.2) is 0 Å². The number of hydrogen-bond donors (Lipinski definition) is 2. The zero-order valence-corrected chi connectivity index (χ0v) is 13.5. The number of aliphatic hydroxyl groups excluding tert-OH is 2. The molecule has 22 heavy (non-hydrogen) atoms. The lowest BCUT2D eigenvalue weighted by atomic mass is 9.52. The SMILES string of the molecule is C[C@]12CC[C@H](O)CC1=C[C@H](O)C1C2=CC[C@]2(C)C(=O)CCC12. The molecule has 0 spiro atoms. The van der Waals surface area contributed by atoms with E-state index in [-0.39, 0.29) is 28.8 Å². The summed E-state index contributed by atoms with van der Waals surface area (Å²) < 4.78 is 0. The maximum absolute atomic E-state index is 12.4. The molecule has 3 heteroatoms. The van der Waals surface area contributed by atoms with Crippen molar-refractivity contribution in [3.8, 4) is 0 Å². The fourth-order valence-corrected chi connectivity index (χ4v) is 5.72. The number of ketones is 1. The summed E-state index contributed by atoms with van der Waals surface area (Å²) >= 11 is 0. The highest BCUT2D eigenvalue weighted by atomic mass is 16.3. The molecule has 4 rings (SSSR count). The molecule has 0 radical (unpaired) electrons. The summed E-state index contributed by atoms with van der Waals surface area (Å²) in [6.07, 6.45) is 8.34. The zero-order valence-electron chi connectivity index (χ0n) is 13.5. The number of rotatable bonds is 0. The Kier molecular flexibility index (Phi) is 3.03. The number of carbonyl (C=O) groups is 1. The van der Waals surface area contributed by atoms with Crippen LogP contribution >= 0.6 is 0 Å². The van der Waals surface area contributed by atoms with Gasteiger partial charge in [-0.05, 0) is 38.0 Å². The first-order chi connectivity index (χ1) is 10.4. The van der Waals surface area contributed by atoms with E-state index in [0.717, 1.165) is 25.7 Å². The van der Waals surface area contributed by atoms with Gasteiger partial charge >= 0.3 is 0 Å². The van der Waals surface area contributed by atoms with Crippen molar-refractivity contribution in [3.63, 3.8) is 0 Å². The van der Waals surface area contributed by atoms with Crippen LogP contribution in [0.2, 0.25) is 0 Å². The molecule has 0 heterocycles. The summed E-state index contributed by atoms with van der Waals surface area (Å²) in [7, 11) is 0. The lowest BCUT2D eigenvalue weighted by Crippen LogP contribution is -2.49. The Hall–Kier alpha value is -0.930. The van der Waals surface area contributed by atoms with Crippen LogP contribution in [0.5, 0.6) is 0 Å². The molecular formula is C19H26O3. The molecule has 2 N–H and O–H groups in total. The van der Waals surface area contributed by atoms with Crippen molar-refractivity contribution >= 4 is 5.78 Å². The first kappa shape index (κ1) is 14.6. The quantitative estimate of drug-likeness (QED) is 0.677. The molecule has 4 aliphatic rings. The minimum atomic E-state index is -0.504. The highest BCUT2D eigenvalue weighted by Gasteiger charge is 2.57. The first-order valence-corrected chi connectivity index (χ1v) is 8.67. The maximum atomic E-state index is 12.4. The van der Waals surface area contributed by atoms with Gasteiger partial charge in [0.25, 0.3) is 0 Å². The van der Waals surface area contributed by atoms with Crippen LogP contribution in [0.25, 0.3) is 0 Å². The lowest BCUT2D eigenvalue weighted by Gasteiger charge is -2.53. The van der Waals surface area contributed by atoms with E-state index in [1.165, 1.54) is 11.1 Å². The molecule has 2 saturated carbocycles. The summed E-state index contributed by atoms with van der Waals surface area (Å²) in [5, 5.41) is 20.8. The molecule has 2 unspecified atom stereocenters. The fourth-order valence-electron chi connectivity index (χ4n) is 5.72. The molecule has 0 aromatic rings. The molecule has 4 aliphatic carbocycles. The zero-order chi connectivity index (χ0) is 15.7. The van der Waals surface area contributed by atoms with Gasteiger partial charge in [0, 0.05) is 23.2 Å². The molecule has 6 atom stereocenters. The predicted octanol–water partition coefficient (Wildman–Crippen LogP) is 2.77. The van der Waals surface area contributed by atoms with Crippen LogP contribution in [0.3, 0.4) is 0 Å². The third-order valence-electron chi connectivity index (χ3n) is 7.20. The number of allylic oxidation sites excluding steroid dienone is 1. The predicted molar refractivity (Wildman–Crippen MR) is 84.1 cm³/mol. The van der Waals surface area contributed by atoms with Crippen molar-refractivity contribution in [2.45, 2.75) is 64.6 Å². The highest BCUT2D eigenvalue weighted by Crippen LogP contribution is 2.61. The second-order valence-electron chi connectivity index (χ2n) is 8.29. The van der Waals surface area contributed by atoms with E-state index in [4.69, 9.17) is 0 Å². The Morgan fingerprint density at radius 3 is 2.77 bits per heavy atom. The highest BCUT2D eigenvalue weighted by molar-refractivity contribution is 5.87. The maximum Gasteiger partial charge on any atom is 0.139 e. The van der Waals surface area contributed by atoms with Crippen molar-refractivity contribution in [2.24, 2.45) is 22.7 Å². The van der Waals surface area contributed by atoms with Crippen LogP contribution in [0.4, 0.5) is 0 Å². The second kappa shape index (κ2) is 4.55. The minimum Gasteiger partial charge on any atom is -0.393 e. The largest absolute Gasteiger partial charge is 0.393 e. The number of hydrogen-bond acceptors (Lipinski definition) is 3. The molecule has 0 bridgehead atoms. The third-order valence-corrected chi connectivity index (χ3v) is 7.20. The van der Waals surface area contributed by atoms with Crippen molar-refractivity contribution in [2.75, 3.05) is 0 Å². The van der Waals surface area contributed by atoms with Gasteiger partial charge in [-0.25, -0.2) is 0 Å². The molecule has 0 aromatic heterocycles. The molecule has 0 aliphatic heterocycles. The van der Waals surface area contributed by atoms with Gasteiger partial charge in [0.1, 0.15) is 5.78 Å². The Balaban J connectivity index is 1.80. The molecule has 120 valence electrons. The minimum absolute atomic E-state index is 0.0178. The molecule has 0 aromatic carbocycles. The Bertz CT molecular complexity index is 589. The van der Waals surface area contributed by atoms with E-state index in [0.29, 0.717) is 18.6 Å². The molecule has 2 fully saturated rings. The average Bonchev–Trinajstić information content (AvgIpc) is 2.77. The Labute approximate surface area is 132 Å². The summed E-state index contributed by atoms with van der Waals surface area (Å²) in [5.41, 5.74) is 2.26. The van der Waals surface area contributed by atoms with E-state index in [9.17, 15) is 15.0 Å². The van der Waals surface area contributed by atoms with E-state index in [1.807, 2.05) is 6.08 Å². The lowest BCUT2D eigenvalue weighted by molar-refractivity contribution is -0.127. The fraction of sp³-hybridized carbons (Fsp3) is 0.737. The molecule has 3 nitrogen and oxygen atoms in total. The van der Waals surface area contributed by atoms with Crippen LogP contribution < -0.4 is 0 Å². The number of Topliss-reactive ketones (excluding diaryl/α,β-unsaturated/α-hetero) is 1. The van der Waals surface area contributed by atoms with Gasteiger partial charge in [-0.3, -0.25) is 4.79 Å². The third kappa shape index (κ3) is 1.73. The summed E-state index contributed by atoms with van der Waals surface area (Å²) in [6.45, 7) is 4.37. The van der Waals surface area contributed by atoms with Gasteiger partial charge < -0.3 is 10.2 Å². The Morgan fingerprint density at radius 2 is 2.00 bits per heavy atom. The molecule has 0 saturated heterocycles. The molecular weight excluding hydrogens is 276 g/mol. The van der Waals surface area contributed by atoms with E-state index >= 15 is 0 Å². The van der Waals surface area contributed by atoms with Gasteiger partial charge in [-0.1, -0.05) is 37.1 Å². The van der Waals surface area contributed by atoms with E-state index < -0.39 is 6.10 Å². The van der Waals surface area contributed by atoms with Crippen LogP contribution in [-0.2, 0) is 4.79 Å². The van der Waals surface area contributed by atoms with Crippen molar-refractivity contribution < 1.29 is 15.0 Å². The number of fused-ring (bicyclic) bond motifs is 5. The summed E-state index contributed by atoms with van der Waals surface area (Å²) in [5.74, 6) is 0.740. The van der Waals surface area contributed by atoms with E-state index in [2.05, 4.69) is 19.9 Å². The van der Waals surface area contributed by atoms with Crippen LogP contribution in [0.15, 0.2) is 23.3 Å². The van der Waals surface area contributed by atoms with Gasteiger partial charge in [-0.15, -0.1) is 0 Å². The normalized spacial score (nSPS) is 50.6. The van der Waals surface area contributed by atoms with Crippen LogP contribution in [0.1, 0.15) is 52.4 Å². The Morgan fingerprint density at radius 1 is 1.23 bits per heavy atom. The van der Waals surface area contributed by atoms with Crippen LogP contribution in [-0.4, -0.2) is 28.2 Å². The summed E-state index contributed by atoms with van der Waals surface area (Å²) in [4.78, 5) is 12.4. The van der Waals surface area contributed by atoms with Crippen molar-refractivity contribution in [1.82, 2.24) is 0 Å².